The SMILES string of the molecule is CNC(c1cc(Cl)ccc1F)C1(N)CC1. The maximum atomic E-state index is 13.6. The lowest BCUT2D eigenvalue weighted by atomic mass is 9.97. The summed E-state index contributed by atoms with van der Waals surface area (Å²) in [5.74, 6) is -0.254. The standard InChI is InChI=1S/C11H14ClFN2/c1-15-10(11(14)4-5-11)8-6-7(12)2-3-9(8)13/h2-3,6,10,15H,4-5,14H2,1H3. The van der Waals surface area contributed by atoms with Gasteiger partial charge in [0.25, 0.3) is 0 Å². The van der Waals surface area contributed by atoms with Gasteiger partial charge < -0.3 is 11.1 Å². The number of halogens is 2. The van der Waals surface area contributed by atoms with Gasteiger partial charge in [0.05, 0.1) is 6.04 Å². The molecule has 2 nitrogen and oxygen atoms in total. The lowest BCUT2D eigenvalue weighted by molar-refractivity contribution is 0.440. The second kappa shape index (κ2) is 3.74. The summed E-state index contributed by atoms with van der Waals surface area (Å²) in [6.07, 6.45) is 1.84. The quantitative estimate of drug-likeness (QED) is 0.833. The highest BCUT2D eigenvalue weighted by Crippen LogP contribution is 2.44. The van der Waals surface area contributed by atoms with Gasteiger partial charge in [0, 0.05) is 16.1 Å². The fraction of sp³-hybridized carbons (Fsp3) is 0.455. The highest BCUT2D eigenvalue weighted by atomic mass is 35.5. The molecule has 0 spiro atoms. The molecule has 1 aliphatic rings. The molecule has 0 aromatic heterocycles. The van der Waals surface area contributed by atoms with Gasteiger partial charge in [0.15, 0.2) is 0 Å². The van der Waals surface area contributed by atoms with Crippen LogP contribution in [0.5, 0.6) is 0 Å². The maximum Gasteiger partial charge on any atom is 0.128 e. The molecule has 1 unspecified atom stereocenters. The van der Waals surface area contributed by atoms with Crippen molar-refractivity contribution in [1.82, 2.24) is 5.32 Å². The maximum absolute atomic E-state index is 13.6. The molecule has 1 aromatic rings. The summed E-state index contributed by atoms with van der Waals surface area (Å²) in [6.45, 7) is 0. The van der Waals surface area contributed by atoms with Crippen molar-refractivity contribution in [3.63, 3.8) is 0 Å². The van der Waals surface area contributed by atoms with Gasteiger partial charge in [-0.15, -0.1) is 0 Å². The minimum atomic E-state index is -0.305. The highest BCUT2D eigenvalue weighted by molar-refractivity contribution is 6.30. The van der Waals surface area contributed by atoms with Crippen LogP contribution in [0.3, 0.4) is 0 Å². The average molecular weight is 229 g/mol. The number of nitrogens with one attached hydrogen (secondary N) is 1. The Morgan fingerprint density at radius 1 is 1.53 bits per heavy atom. The van der Waals surface area contributed by atoms with Crippen LogP contribution < -0.4 is 11.1 Å². The van der Waals surface area contributed by atoms with E-state index in [1.54, 1.807) is 19.2 Å². The van der Waals surface area contributed by atoms with E-state index in [-0.39, 0.29) is 17.4 Å². The fourth-order valence-electron chi connectivity index (χ4n) is 1.92. The highest BCUT2D eigenvalue weighted by Gasteiger charge is 2.46. The van der Waals surface area contributed by atoms with Crippen molar-refractivity contribution in [2.45, 2.75) is 24.4 Å². The Morgan fingerprint density at radius 3 is 2.73 bits per heavy atom. The number of nitrogens with two attached hydrogens (primary N) is 1. The first-order chi connectivity index (χ1) is 7.07. The Labute approximate surface area is 93.6 Å². The first-order valence-electron chi connectivity index (χ1n) is 4.98. The van der Waals surface area contributed by atoms with Gasteiger partial charge in [0.2, 0.25) is 0 Å². The summed E-state index contributed by atoms with van der Waals surface area (Å²) in [5.41, 5.74) is 6.33. The van der Waals surface area contributed by atoms with E-state index < -0.39 is 0 Å². The first-order valence-corrected chi connectivity index (χ1v) is 5.36. The van der Waals surface area contributed by atoms with E-state index in [0.717, 1.165) is 12.8 Å². The first kappa shape index (κ1) is 10.9. The van der Waals surface area contributed by atoms with Crippen LogP contribution in [-0.2, 0) is 0 Å². The molecule has 1 aromatic carbocycles. The largest absolute Gasteiger partial charge is 0.323 e. The van der Waals surface area contributed by atoms with E-state index in [1.807, 2.05) is 0 Å². The van der Waals surface area contributed by atoms with Crippen molar-refractivity contribution < 1.29 is 4.39 Å². The minimum absolute atomic E-state index is 0.156. The molecule has 1 fully saturated rings. The van der Waals surface area contributed by atoms with Crippen LogP contribution >= 0.6 is 11.6 Å². The molecular formula is C11H14ClFN2. The molecule has 0 saturated heterocycles. The van der Waals surface area contributed by atoms with Crippen molar-refractivity contribution in [2.24, 2.45) is 5.73 Å². The number of hydrogen-bond acceptors (Lipinski definition) is 2. The fourth-order valence-corrected chi connectivity index (χ4v) is 2.10. The number of likely N-dealkylation sites (N-methyl/N-ethyl adjacent to an activating group) is 1. The third-order valence-electron chi connectivity index (χ3n) is 2.96. The topological polar surface area (TPSA) is 38.0 Å². The van der Waals surface area contributed by atoms with Crippen molar-refractivity contribution in [3.8, 4) is 0 Å². The third-order valence-corrected chi connectivity index (χ3v) is 3.20. The van der Waals surface area contributed by atoms with Crippen LogP contribution in [0, 0.1) is 5.82 Å². The Balaban J connectivity index is 2.37. The molecule has 0 amide bonds. The molecule has 15 heavy (non-hydrogen) atoms. The number of hydrogen-bond donors (Lipinski definition) is 2. The molecule has 1 aliphatic carbocycles. The Morgan fingerprint density at radius 2 is 2.20 bits per heavy atom. The van der Waals surface area contributed by atoms with E-state index in [4.69, 9.17) is 17.3 Å². The van der Waals surface area contributed by atoms with Crippen LogP contribution in [0.15, 0.2) is 18.2 Å². The summed E-state index contributed by atoms with van der Waals surface area (Å²) in [7, 11) is 1.79. The van der Waals surface area contributed by atoms with Gasteiger partial charge in [-0.2, -0.15) is 0 Å². The van der Waals surface area contributed by atoms with Gasteiger partial charge in [-0.05, 0) is 38.1 Å². The van der Waals surface area contributed by atoms with E-state index in [2.05, 4.69) is 5.32 Å². The van der Waals surface area contributed by atoms with Crippen LogP contribution in [-0.4, -0.2) is 12.6 Å². The summed E-state index contributed by atoms with van der Waals surface area (Å²) < 4.78 is 13.6. The van der Waals surface area contributed by atoms with Gasteiger partial charge in [-0.25, -0.2) is 4.39 Å². The molecule has 82 valence electrons. The van der Waals surface area contributed by atoms with Crippen LogP contribution in [0.4, 0.5) is 4.39 Å². The van der Waals surface area contributed by atoms with Gasteiger partial charge in [0.1, 0.15) is 5.82 Å². The summed E-state index contributed by atoms with van der Waals surface area (Å²) >= 11 is 5.85. The second-order valence-electron chi connectivity index (χ2n) is 4.12. The normalized spacial score (nSPS) is 20.0. The second-order valence-corrected chi connectivity index (χ2v) is 4.56. The molecule has 0 radical (unpaired) electrons. The Bertz CT molecular complexity index is 377. The van der Waals surface area contributed by atoms with E-state index in [1.165, 1.54) is 6.07 Å². The van der Waals surface area contributed by atoms with E-state index in [0.29, 0.717) is 10.6 Å². The van der Waals surface area contributed by atoms with Crippen LogP contribution in [0.25, 0.3) is 0 Å². The molecule has 0 aliphatic heterocycles. The van der Waals surface area contributed by atoms with Crippen molar-refractivity contribution in [1.29, 1.82) is 0 Å². The number of benzene rings is 1. The molecule has 0 heterocycles. The molecule has 1 atom stereocenters. The summed E-state index contributed by atoms with van der Waals surface area (Å²) in [5, 5.41) is 3.60. The predicted octanol–water partition coefficient (Wildman–Crippen LogP) is 2.23. The van der Waals surface area contributed by atoms with Crippen LogP contribution in [0.2, 0.25) is 5.02 Å². The molecule has 3 N–H and O–H groups in total. The van der Waals surface area contributed by atoms with Crippen molar-refractivity contribution in [2.75, 3.05) is 7.05 Å². The number of rotatable bonds is 3. The zero-order valence-electron chi connectivity index (χ0n) is 8.56. The zero-order chi connectivity index (χ0) is 11.1. The smallest absolute Gasteiger partial charge is 0.128 e. The molecule has 1 saturated carbocycles. The zero-order valence-corrected chi connectivity index (χ0v) is 9.31. The average Bonchev–Trinajstić information content (AvgIpc) is 2.92. The molecule has 2 rings (SSSR count). The van der Waals surface area contributed by atoms with E-state index >= 15 is 0 Å². The lowest BCUT2D eigenvalue weighted by Crippen LogP contribution is -2.38. The Hall–Kier alpha value is -0.640. The van der Waals surface area contributed by atoms with Gasteiger partial charge in [-0.1, -0.05) is 11.6 Å². The molecular weight excluding hydrogens is 215 g/mol. The minimum Gasteiger partial charge on any atom is -0.323 e. The van der Waals surface area contributed by atoms with Gasteiger partial charge in [-0.3, -0.25) is 0 Å². The Kier molecular flexibility index (Phi) is 2.71. The lowest BCUT2D eigenvalue weighted by Gasteiger charge is -2.24. The van der Waals surface area contributed by atoms with Crippen LogP contribution in [0.1, 0.15) is 24.4 Å². The predicted molar refractivity (Wildman–Crippen MR) is 59.4 cm³/mol. The summed E-state index contributed by atoms with van der Waals surface area (Å²) in [4.78, 5) is 0. The van der Waals surface area contributed by atoms with Crippen molar-refractivity contribution >= 4 is 11.6 Å². The van der Waals surface area contributed by atoms with Gasteiger partial charge >= 0.3 is 0 Å². The van der Waals surface area contributed by atoms with E-state index in [9.17, 15) is 4.39 Å². The summed E-state index contributed by atoms with van der Waals surface area (Å²) in [6, 6.07) is 4.42. The molecule has 4 heteroatoms. The third kappa shape index (κ3) is 2.00. The van der Waals surface area contributed by atoms with Crippen molar-refractivity contribution in [3.05, 3.63) is 34.6 Å². The molecule has 0 bridgehead atoms. The monoisotopic (exact) mass is 228 g/mol.